The Labute approximate surface area is 279 Å². The number of H-pyrrole nitrogens is 1. The van der Waals surface area contributed by atoms with E-state index in [1.54, 1.807) is 20.8 Å². The Morgan fingerprint density at radius 2 is 1.42 bits per heavy atom. The van der Waals surface area contributed by atoms with Crippen molar-refractivity contribution < 1.29 is 38.2 Å². The smallest absolute Gasteiger partial charge is 0.437 e. The Bertz CT molecular complexity index is 1450. The lowest BCUT2D eigenvalue weighted by Gasteiger charge is -2.21. The Hall–Kier alpha value is -5.41. The van der Waals surface area contributed by atoms with E-state index >= 15 is 0 Å². The first-order valence-electron chi connectivity index (χ1n) is 15.5. The Kier molecular flexibility index (Phi) is 15.1. The molecule has 0 aliphatic heterocycles. The average molecular weight is 671 g/mol. The number of amides is 6. The molecule has 16 nitrogen and oxygen atoms in total. The largest absolute Gasteiger partial charge is 0.445 e. The van der Waals surface area contributed by atoms with Crippen LogP contribution in [0.2, 0.25) is 0 Å². The number of nitrogens with zero attached hydrogens (tertiary/aromatic N) is 1. The fraction of sp³-hybridized carbons (Fsp3) is 0.469. The molecule has 2 aromatic rings. The fourth-order valence-electron chi connectivity index (χ4n) is 3.96. The van der Waals surface area contributed by atoms with Crippen LogP contribution in [0.3, 0.4) is 0 Å². The Morgan fingerprint density at radius 3 is 2.00 bits per heavy atom. The van der Waals surface area contributed by atoms with Gasteiger partial charge in [0.1, 0.15) is 35.7 Å². The maximum atomic E-state index is 12.7. The maximum absolute atomic E-state index is 12.7. The SMILES string of the molecule is CC(C)[C@H](NC(=O)OCc1ccccc1)C(=O)NCCCCNC(=O)[C@H](C)NC(=O)c1ccc(C(=O)N/C(N)=N\C(=O)OC(C)(C)C)[nH]1. The van der Waals surface area contributed by atoms with E-state index in [0.29, 0.717) is 25.9 Å². The normalized spacial score (nSPS) is 12.7. The molecule has 8 N–H and O–H groups in total. The zero-order valence-electron chi connectivity index (χ0n) is 28.1. The summed E-state index contributed by atoms with van der Waals surface area (Å²) in [6, 6.07) is 10.2. The van der Waals surface area contributed by atoms with Gasteiger partial charge in [-0.1, -0.05) is 44.2 Å². The third-order valence-corrected chi connectivity index (χ3v) is 6.40. The summed E-state index contributed by atoms with van der Waals surface area (Å²) in [6.45, 7) is 10.8. The maximum Gasteiger partial charge on any atom is 0.437 e. The predicted octanol–water partition coefficient (Wildman–Crippen LogP) is 2.08. The van der Waals surface area contributed by atoms with Crippen LogP contribution in [0.25, 0.3) is 0 Å². The number of carbonyl (C=O) groups is 6. The minimum Gasteiger partial charge on any atom is -0.445 e. The molecule has 0 spiro atoms. The number of nitrogens with one attached hydrogen (secondary N) is 6. The van der Waals surface area contributed by atoms with Gasteiger partial charge in [0.2, 0.25) is 17.8 Å². The number of benzene rings is 1. The van der Waals surface area contributed by atoms with Gasteiger partial charge < -0.3 is 41.5 Å². The van der Waals surface area contributed by atoms with Crippen LogP contribution < -0.4 is 32.3 Å². The van der Waals surface area contributed by atoms with Crippen molar-refractivity contribution >= 4 is 41.8 Å². The predicted molar refractivity (Wildman–Crippen MR) is 177 cm³/mol. The molecule has 0 fully saturated rings. The first-order chi connectivity index (χ1) is 22.6. The summed E-state index contributed by atoms with van der Waals surface area (Å²) >= 11 is 0. The van der Waals surface area contributed by atoms with Crippen LogP contribution >= 0.6 is 0 Å². The Morgan fingerprint density at radius 1 is 0.833 bits per heavy atom. The molecule has 262 valence electrons. The summed E-state index contributed by atoms with van der Waals surface area (Å²) in [7, 11) is 0. The van der Waals surface area contributed by atoms with Gasteiger partial charge in [-0.3, -0.25) is 24.5 Å². The van der Waals surface area contributed by atoms with Crippen LogP contribution in [-0.2, 0) is 25.7 Å². The second-order valence-electron chi connectivity index (χ2n) is 12.1. The topological polar surface area (TPSA) is 235 Å². The zero-order chi connectivity index (χ0) is 35.9. The summed E-state index contributed by atoms with van der Waals surface area (Å²) in [5.41, 5.74) is 5.60. The number of aliphatic imine (C=N–C) groups is 1. The number of hydrogen-bond acceptors (Lipinski definition) is 8. The molecular formula is C32H46N8O8. The van der Waals surface area contributed by atoms with Crippen molar-refractivity contribution in [2.24, 2.45) is 16.6 Å². The van der Waals surface area contributed by atoms with Crippen molar-refractivity contribution in [2.75, 3.05) is 13.1 Å². The van der Waals surface area contributed by atoms with Gasteiger partial charge in [0.15, 0.2) is 0 Å². The van der Waals surface area contributed by atoms with Crippen LogP contribution in [-0.4, -0.2) is 77.5 Å². The van der Waals surface area contributed by atoms with Crippen LogP contribution in [0.15, 0.2) is 47.5 Å². The van der Waals surface area contributed by atoms with Crippen LogP contribution in [0.5, 0.6) is 0 Å². The van der Waals surface area contributed by atoms with Crippen molar-refractivity contribution in [2.45, 2.75) is 78.7 Å². The van der Waals surface area contributed by atoms with Crippen LogP contribution in [0.1, 0.15) is 80.9 Å². The van der Waals surface area contributed by atoms with Gasteiger partial charge >= 0.3 is 12.2 Å². The lowest BCUT2D eigenvalue weighted by molar-refractivity contribution is -0.124. The van der Waals surface area contributed by atoms with E-state index in [0.717, 1.165) is 5.56 Å². The highest BCUT2D eigenvalue weighted by Crippen LogP contribution is 2.08. The van der Waals surface area contributed by atoms with Gasteiger partial charge in [0, 0.05) is 13.1 Å². The van der Waals surface area contributed by atoms with Gasteiger partial charge in [-0.25, -0.2) is 9.59 Å². The average Bonchev–Trinajstić information content (AvgIpc) is 3.50. The van der Waals surface area contributed by atoms with Gasteiger partial charge in [-0.2, -0.15) is 0 Å². The second-order valence-corrected chi connectivity index (χ2v) is 12.1. The van der Waals surface area contributed by atoms with Gasteiger partial charge in [0.05, 0.1) is 0 Å². The summed E-state index contributed by atoms with van der Waals surface area (Å²) < 4.78 is 10.2. The summed E-state index contributed by atoms with van der Waals surface area (Å²) in [5.74, 6) is -2.82. The number of unbranched alkanes of at least 4 members (excludes halogenated alkanes) is 1. The van der Waals surface area contributed by atoms with Crippen molar-refractivity contribution in [3.05, 3.63) is 59.4 Å². The zero-order valence-corrected chi connectivity index (χ0v) is 28.1. The number of aromatic nitrogens is 1. The number of rotatable bonds is 14. The molecule has 1 aromatic carbocycles. The molecule has 0 aliphatic carbocycles. The van der Waals surface area contributed by atoms with Crippen LogP contribution in [0.4, 0.5) is 9.59 Å². The quantitative estimate of drug-likeness (QED) is 0.0884. The highest BCUT2D eigenvalue weighted by Gasteiger charge is 2.25. The number of aromatic amines is 1. The lowest BCUT2D eigenvalue weighted by atomic mass is 10.0. The Balaban J connectivity index is 1.69. The van der Waals surface area contributed by atoms with E-state index in [1.807, 2.05) is 44.2 Å². The van der Waals surface area contributed by atoms with E-state index in [2.05, 4.69) is 36.6 Å². The van der Waals surface area contributed by atoms with Crippen molar-refractivity contribution in [3.63, 3.8) is 0 Å². The van der Waals surface area contributed by atoms with E-state index in [-0.39, 0.29) is 29.8 Å². The van der Waals surface area contributed by atoms with Crippen LogP contribution in [0, 0.1) is 5.92 Å². The number of carbonyl (C=O) groups excluding carboxylic acids is 6. The third-order valence-electron chi connectivity index (χ3n) is 6.40. The molecule has 6 amide bonds. The number of alkyl carbamates (subject to hydrolysis) is 1. The highest BCUT2D eigenvalue weighted by atomic mass is 16.6. The summed E-state index contributed by atoms with van der Waals surface area (Å²) in [5, 5.41) is 12.9. The number of ether oxygens (including phenoxy) is 2. The molecule has 0 saturated heterocycles. The van der Waals surface area contributed by atoms with Crippen molar-refractivity contribution in [1.29, 1.82) is 0 Å². The second kappa shape index (κ2) is 18.7. The highest BCUT2D eigenvalue weighted by molar-refractivity contribution is 6.07. The van der Waals surface area contributed by atoms with E-state index < -0.39 is 53.6 Å². The minimum absolute atomic E-state index is 0.0110. The van der Waals surface area contributed by atoms with Gasteiger partial charge in [0.25, 0.3) is 11.8 Å². The third kappa shape index (κ3) is 14.3. The minimum atomic E-state index is -0.978. The first-order valence-corrected chi connectivity index (χ1v) is 15.5. The number of hydrogen-bond donors (Lipinski definition) is 7. The first kappa shape index (κ1) is 38.8. The van der Waals surface area contributed by atoms with E-state index in [1.165, 1.54) is 19.1 Å². The lowest BCUT2D eigenvalue weighted by Crippen LogP contribution is -2.50. The number of guanidine groups is 1. The molecule has 0 aliphatic rings. The monoisotopic (exact) mass is 670 g/mol. The molecule has 48 heavy (non-hydrogen) atoms. The molecule has 16 heteroatoms. The molecule has 1 aromatic heterocycles. The van der Waals surface area contributed by atoms with Crippen molar-refractivity contribution in [1.82, 2.24) is 31.6 Å². The van der Waals surface area contributed by atoms with Gasteiger partial charge in [-0.15, -0.1) is 4.99 Å². The molecule has 0 bridgehead atoms. The fourth-order valence-corrected chi connectivity index (χ4v) is 3.96. The summed E-state index contributed by atoms with van der Waals surface area (Å²) in [4.78, 5) is 80.2. The van der Waals surface area contributed by atoms with E-state index in [9.17, 15) is 28.8 Å². The molecule has 0 saturated carbocycles. The van der Waals surface area contributed by atoms with E-state index in [4.69, 9.17) is 15.2 Å². The molecule has 1 heterocycles. The molecule has 2 rings (SSSR count). The molecule has 0 radical (unpaired) electrons. The summed E-state index contributed by atoms with van der Waals surface area (Å²) in [6.07, 6.45) is -0.572. The molecular weight excluding hydrogens is 624 g/mol. The van der Waals surface area contributed by atoms with Gasteiger partial charge in [-0.05, 0) is 64.2 Å². The van der Waals surface area contributed by atoms with Crippen molar-refractivity contribution in [3.8, 4) is 0 Å². The number of nitrogens with two attached hydrogens (primary N) is 1. The molecule has 2 atom stereocenters. The molecule has 0 unspecified atom stereocenters. The standard InChI is InChI=1S/C32H46N8O8/c1-19(2)24(38-30(45)47-18-21-12-8-7-9-13-21)28(44)35-17-11-10-16-34-25(41)20(3)36-26(42)22-14-15-23(37-22)27(43)39-29(33)40-31(46)48-32(4,5)6/h7-9,12-15,19-20,24,37H,10-11,16-18H2,1-6H3,(H,34,41)(H,35,44)(H,36,42)(H,38,45)(H3,33,39,40,43,46)/t20-,24-/m0/s1.